The van der Waals surface area contributed by atoms with Gasteiger partial charge in [0.15, 0.2) is 0 Å². The second kappa shape index (κ2) is 6.77. The molecule has 0 aliphatic heterocycles. The molecular formula is C14H14ClN3O2. The second-order valence-corrected chi connectivity index (χ2v) is 4.45. The van der Waals surface area contributed by atoms with Crippen molar-refractivity contribution in [2.75, 3.05) is 17.7 Å². The molecule has 0 fully saturated rings. The van der Waals surface area contributed by atoms with Gasteiger partial charge in [0.25, 0.3) is 0 Å². The Labute approximate surface area is 121 Å². The Bertz CT molecular complexity index is 604. The Hall–Kier alpha value is -2.27. The summed E-state index contributed by atoms with van der Waals surface area (Å²) < 4.78 is 5.44. The number of halogens is 1. The Kier molecular flexibility index (Phi) is 4.79. The molecule has 104 valence electrons. The van der Waals surface area contributed by atoms with Gasteiger partial charge in [-0.3, -0.25) is 9.78 Å². The van der Waals surface area contributed by atoms with Gasteiger partial charge < -0.3 is 15.8 Å². The number of rotatable bonds is 5. The van der Waals surface area contributed by atoms with Crippen LogP contribution < -0.4 is 15.8 Å². The summed E-state index contributed by atoms with van der Waals surface area (Å²) in [4.78, 5) is 15.6. The van der Waals surface area contributed by atoms with Crippen LogP contribution in [-0.2, 0) is 4.79 Å². The van der Waals surface area contributed by atoms with Crippen LogP contribution in [0.2, 0.25) is 5.02 Å². The zero-order chi connectivity index (χ0) is 14.4. The fourth-order valence-electron chi connectivity index (χ4n) is 1.55. The smallest absolute Gasteiger partial charge is 0.227 e. The molecule has 0 aliphatic carbocycles. The first-order chi connectivity index (χ1) is 9.66. The normalized spacial score (nSPS) is 10.1. The molecule has 1 heterocycles. The molecule has 0 radical (unpaired) electrons. The molecule has 2 rings (SSSR count). The predicted octanol–water partition coefficient (Wildman–Crippen LogP) is 2.72. The number of carbonyl (C=O) groups excluding carboxylic acids is 1. The van der Waals surface area contributed by atoms with Crippen molar-refractivity contribution in [3.05, 3.63) is 47.7 Å². The van der Waals surface area contributed by atoms with E-state index in [1.807, 2.05) is 12.1 Å². The summed E-state index contributed by atoms with van der Waals surface area (Å²) in [5.41, 5.74) is 6.76. The summed E-state index contributed by atoms with van der Waals surface area (Å²) in [5, 5.41) is 3.11. The monoisotopic (exact) mass is 291 g/mol. The van der Waals surface area contributed by atoms with Gasteiger partial charge in [0, 0.05) is 6.20 Å². The number of nitrogens with zero attached hydrogens (tertiary/aromatic N) is 1. The molecule has 6 heteroatoms. The number of nitrogen functional groups attached to an aromatic ring is 1. The minimum Gasteiger partial charge on any atom is -0.491 e. The lowest BCUT2D eigenvalue weighted by molar-refractivity contribution is -0.116. The Morgan fingerprint density at radius 1 is 1.35 bits per heavy atom. The first-order valence-corrected chi connectivity index (χ1v) is 6.41. The van der Waals surface area contributed by atoms with Crippen molar-refractivity contribution >= 4 is 28.9 Å². The molecule has 1 aromatic heterocycles. The van der Waals surface area contributed by atoms with Crippen LogP contribution in [0.5, 0.6) is 5.75 Å². The summed E-state index contributed by atoms with van der Waals surface area (Å²) in [6.07, 6.45) is 3.25. The van der Waals surface area contributed by atoms with Crippen molar-refractivity contribution in [1.29, 1.82) is 0 Å². The highest BCUT2D eigenvalue weighted by atomic mass is 35.5. The third-order valence-electron chi connectivity index (χ3n) is 2.55. The molecule has 0 unspecified atom stereocenters. The van der Waals surface area contributed by atoms with Gasteiger partial charge in [-0.15, -0.1) is 0 Å². The van der Waals surface area contributed by atoms with Gasteiger partial charge in [-0.25, -0.2) is 0 Å². The average Bonchev–Trinajstić information content (AvgIpc) is 2.43. The zero-order valence-electron chi connectivity index (χ0n) is 10.7. The Balaban J connectivity index is 1.82. The fourth-order valence-corrected chi connectivity index (χ4v) is 1.70. The summed E-state index contributed by atoms with van der Waals surface area (Å²) in [6.45, 7) is 0.234. The van der Waals surface area contributed by atoms with Crippen molar-refractivity contribution in [3.63, 3.8) is 0 Å². The van der Waals surface area contributed by atoms with Crippen LogP contribution in [0.3, 0.4) is 0 Å². The first kappa shape index (κ1) is 14.1. The molecule has 2 aromatic rings. The van der Waals surface area contributed by atoms with E-state index in [9.17, 15) is 4.79 Å². The van der Waals surface area contributed by atoms with E-state index in [1.165, 1.54) is 6.20 Å². The van der Waals surface area contributed by atoms with E-state index in [2.05, 4.69) is 10.3 Å². The molecule has 0 aliphatic rings. The predicted molar refractivity (Wildman–Crippen MR) is 78.8 cm³/mol. The number of hydrogen-bond donors (Lipinski definition) is 2. The second-order valence-electron chi connectivity index (χ2n) is 4.04. The molecule has 0 saturated carbocycles. The molecule has 3 N–H and O–H groups in total. The van der Waals surface area contributed by atoms with Crippen molar-refractivity contribution in [1.82, 2.24) is 4.98 Å². The maximum absolute atomic E-state index is 11.7. The van der Waals surface area contributed by atoms with Crippen molar-refractivity contribution in [2.45, 2.75) is 6.42 Å². The average molecular weight is 292 g/mol. The van der Waals surface area contributed by atoms with Gasteiger partial charge in [0.2, 0.25) is 5.91 Å². The lowest BCUT2D eigenvalue weighted by atomic mass is 10.3. The highest BCUT2D eigenvalue weighted by molar-refractivity contribution is 6.33. The van der Waals surface area contributed by atoms with Crippen LogP contribution in [-0.4, -0.2) is 17.5 Å². The third kappa shape index (κ3) is 3.86. The van der Waals surface area contributed by atoms with Crippen LogP contribution in [0.4, 0.5) is 11.4 Å². The summed E-state index contributed by atoms with van der Waals surface area (Å²) in [6, 6.07) is 8.74. The summed E-state index contributed by atoms with van der Waals surface area (Å²) >= 11 is 5.92. The molecular weight excluding hydrogens is 278 g/mol. The molecule has 0 bridgehead atoms. The number of nitrogens with one attached hydrogen (secondary N) is 1. The van der Waals surface area contributed by atoms with Crippen molar-refractivity contribution < 1.29 is 9.53 Å². The van der Waals surface area contributed by atoms with Crippen LogP contribution in [0, 0.1) is 0 Å². The minimum absolute atomic E-state index is 0.194. The number of para-hydroxylation sites is 2. The van der Waals surface area contributed by atoms with Crippen LogP contribution in [0.1, 0.15) is 6.42 Å². The number of nitrogens with two attached hydrogens (primary N) is 1. The summed E-state index contributed by atoms with van der Waals surface area (Å²) in [5.74, 6) is 0.370. The highest BCUT2D eigenvalue weighted by Gasteiger charge is 2.06. The maximum atomic E-state index is 11.7. The van der Waals surface area contributed by atoms with Gasteiger partial charge in [0.1, 0.15) is 5.75 Å². The van der Waals surface area contributed by atoms with E-state index in [0.717, 1.165) is 0 Å². The van der Waals surface area contributed by atoms with Crippen LogP contribution >= 0.6 is 11.6 Å². The van der Waals surface area contributed by atoms with Gasteiger partial charge in [-0.2, -0.15) is 0 Å². The van der Waals surface area contributed by atoms with Gasteiger partial charge in [0.05, 0.1) is 35.6 Å². The Morgan fingerprint density at radius 3 is 2.90 bits per heavy atom. The molecule has 0 saturated heterocycles. The van der Waals surface area contributed by atoms with E-state index in [0.29, 0.717) is 22.1 Å². The number of pyridine rings is 1. The SMILES string of the molecule is Nc1ccccc1OCCC(=O)Nc1cnccc1Cl. The van der Waals surface area contributed by atoms with E-state index in [-0.39, 0.29) is 18.9 Å². The topological polar surface area (TPSA) is 77.2 Å². The number of hydrogen-bond acceptors (Lipinski definition) is 4. The third-order valence-corrected chi connectivity index (χ3v) is 2.88. The largest absolute Gasteiger partial charge is 0.491 e. The van der Waals surface area contributed by atoms with E-state index in [4.69, 9.17) is 22.1 Å². The number of anilines is 2. The molecule has 5 nitrogen and oxygen atoms in total. The first-order valence-electron chi connectivity index (χ1n) is 6.03. The van der Waals surface area contributed by atoms with Crippen LogP contribution in [0.25, 0.3) is 0 Å². The minimum atomic E-state index is -0.200. The van der Waals surface area contributed by atoms with Crippen molar-refractivity contribution in [2.24, 2.45) is 0 Å². The number of benzene rings is 1. The number of amides is 1. The molecule has 20 heavy (non-hydrogen) atoms. The van der Waals surface area contributed by atoms with E-state index in [1.54, 1.807) is 24.4 Å². The maximum Gasteiger partial charge on any atom is 0.227 e. The fraction of sp³-hybridized carbons (Fsp3) is 0.143. The molecule has 0 atom stereocenters. The molecule has 1 amide bonds. The molecule has 0 spiro atoms. The van der Waals surface area contributed by atoms with Gasteiger partial charge >= 0.3 is 0 Å². The standard InChI is InChI=1S/C14H14ClN3O2/c15-10-5-7-17-9-12(10)18-14(19)6-8-20-13-4-2-1-3-11(13)16/h1-5,7,9H,6,8,16H2,(H,18,19). The molecule has 1 aromatic carbocycles. The van der Waals surface area contributed by atoms with Gasteiger partial charge in [-0.1, -0.05) is 23.7 Å². The highest BCUT2D eigenvalue weighted by Crippen LogP contribution is 2.21. The summed E-state index contributed by atoms with van der Waals surface area (Å²) in [7, 11) is 0. The number of aromatic nitrogens is 1. The lowest BCUT2D eigenvalue weighted by Gasteiger charge is -2.09. The van der Waals surface area contributed by atoms with Crippen LogP contribution in [0.15, 0.2) is 42.7 Å². The lowest BCUT2D eigenvalue weighted by Crippen LogP contribution is -2.15. The number of carbonyl (C=O) groups is 1. The number of ether oxygens (including phenoxy) is 1. The zero-order valence-corrected chi connectivity index (χ0v) is 11.4. The van der Waals surface area contributed by atoms with E-state index < -0.39 is 0 Å². The van der Waals surface area contributed by atoms with Gasteiger partial charge in [-0.05, 0) is 18.2 Å². The Morgan fingerprint density at radius 2 is 2.15 bits per heavy atom. The quantitative estimate of drug-likeness (QED) is 0.830. The van der Waals surface area contributed by atoms with Crippen molar-refractivity contribution in [3.8, 4) is 5.75 Å². The van der Waals surface area contributed by atoms with E-state index >= 15 is 0 Å².